The van der Waals surface area contributed by atoms with Crippen LogP contribution in [-0.2, 0) is 19.1 Å². The van der Waals surface area contributed by atoms with Gasteiger partial charge < -0.3 is 34.2 Å². The lowest BCUT2D eigenvalue weighted by molar-refractivity contribution is -0.136. The average Bonchev–Trinajstić information content (AvgIpc) is 3.30. The van der Waals surface area contributed by atoms with Crippen LogP contribution < -0.4 is 39.4 Å². The maximum atomic E-state index is 13.7. The van der Waals surface area contributed by atoms with Crippen LogP contribution in [0.3, 0.4) is 0 Å². The molecule has 0 spiro atoms. The number of aromatic nitrogens is 1. The predicted molar refractivity (Wildman–Crippen MR) is 148 cm³/mol. The Hall–Kier alpha value is -4.71. The number of carbonyl (C=O) groups is 2. The predicted octanol–water partition coefficient (Wildman–Crippen LogP) is 1.19. The van der Waals surface area contributed by atoms with E-state index in [0.29, 0.717) is 34.1 Å². The third-order valence-electron chi connectivity index (χ3n) is 6.41. The molecule has 0 fully saturated rings. The minimum absolute atomic E-state index is 0.0402. The molecule has 0 amide bonds. The largest absolute Gasteiger partial charge is 0.493 e. The van der Waals surface area contributed by atoms with Crippen LogP contribution in [0, 0.1) is 0 Å². The zero-order valence-electron chi connectivity index (χ0n) is 22.7. The summed E-state index contributed by atoms with van der Waals surface area (Å²) in [5.74, 6) is -0.957. The van der Waals surface area contributed by atoms with Gasteiger partial charge in [0.15, 0.2) is 23.0 Å². The number of esters is 2. The highest BCUT2D eigenvalue weighted by atomic mass is 32.1. The van der Waals surface area contributed by atoms with Crippen LogP contribution >= 0.6 is 11.3 Å². The van der Waals surface area contributed by atoms with E-state index in [0.717, 1.165) is 15.9 Å². The van der Waals surface area contributed by atoms with E-state index in [1.54, 1.807) is 42.5 Å². The maximum absolute atomic E-state index is 13.7. The van der Waals surface area contributed by atoms with Gasteiger partial charge in [0.05, 0.1) is 64.3 Å². The summed E-state index contributed by atoms with van der Waals surface area (Å²) in [5, 5.41) is 0. The van der Waals surface area contributed by atoms with Gasteiger partial charge in [-0.1, -0.05) is 12.1 Å². The maximum Gasteiger partial charge on any atom is 0.338 e. The van der Waals surface area contributed by atoms with Gasteiger partial charge in [-0.25, -0.2) is 9.59 Å². The molecule has 0 saturated heterocycles. The highest BCUT2D eigenvalue weighted by Crippen LogP contribution is 2.40. The van der Waals surface area contributed by atoms with Crippen molar-refractivity contribution in [3.8, 4) is 23.0 Å². The quantitative estimate of drug-likeness (QED) is 0.395. The number of rotatable bonds is 8. The van der Waals surface area contributed by atoms with E-state index in [1.807, 2.05) is 0 Å². The molecule has 40 heavy (non-hydrogen) atoms. The lowest BCUT2D eigenvalue weighted by atomic mass is 9.83. The topological polar surface area (TPSA) is 138 Å². The molecular formula is C28H28N2O9S. The SMILES string of the molecule is COC(=O)C1=C(N)n2c(sc(=Cc3ccc(OC)c(OC)c3)c2=O)=C(C(=O)OC)[C@@H]1c1ccc(OC)c(OC)c1. The van der Waals surface area contributed by atoms with Crippen LogP contribution in [0.15, 0.2) is 46.8 Å². The molecule has 3 aromatic rings. The Kier molecular flexibility index (Phi) is 8.19. The summed E-state index contributed by atoms with van der Waals surface area (Å²) in [7, 11) is 8.39. The van der Waals surface area contributed by atoms with Gasteiger partial charge in [0.1, 0.15) is 10.5 Å². The number of nitrogens with two attached hydrogens (primary N) is 1. The molecule has 2 aromatic carbocycles. The molecule has 0 aliphatic carbocycles. The van der Waals surface area contributed by atoms with E-state index in [2.05, 4.69) is 0 Å². The van der Waals surface area contributed by atoms with Crippen LogP contribution in [0.4, 0.5) is 0 Å². The third kappa shape index (κ3) is 4.77. The highest BCUT2D eigenvalue weighted by Gasteiger charge is 2.40. The number of benzene rings is 2. The lowest BCUT2D eigenvalue weighted by Gasteiger charge is -2.27. The number of methoxy groups -OCH3 is 6. The Balaban J connectivity index is 2.09. The van der Waals surface area contributed by atoms with Crippen molar-refractivity contribution in [1.29, 1.82) is 0 Å². The standard InChI is InChI=1S/C28H28N2O9S/c1-34-16-9-7-14(11-18(16)36-3)12-20-25(31)30-24(29)22(27(32)38-5)21(23(26(30)40-20)28(33)39-6)15-8-10-17(35-2)19(13-15)37-4/h7-13,21H,29H2,1-6H3/t21-/m1/s1. The number of thiazole rings is 1. The molecule has 2 heterocycles. The van der Waals surface area contributed by atoms with E-state index in [1.165, 1.54) is 42.7 Å². The third-order valence-corrected chi connectivity index (χ3v) is 7.51. The van der Waals surface area contributed by atoms with Gasteiger partial charge in [-0.15, -0.1) is 11.3 Å². The summed E-state index contributed by atoms with van der Waals surface area (Å²) in [4.78, 5) is 40.1. The van der Waals surface area contributed by atoms with Gasteiger partial charge in [0.25, 0.3) is 5.56 Å². The first kappa shape index (κ1) is 28.3. The monoisotopic (exact) mass is 568 g/mol. The van der Waals surface area contributed by atoms with Gasteiger partial charge in [-0.3, -0.25) is 9.36 Å². The number of nitrogens with zero attached hydrogens (tertiary/aromatic N) is 1. The fraction of sp³-hybridized carbons (Fsp3) is 0.250. The smallest absolute Gasteiger partial charge is 0.338 e. The van der Waals surface area contributed by atoms with Crippen molar-refractivity contribution in [3.05, 3.63) is 72.6 Å². The second kappa shape index (κ2) is 11.6. The Morgan fingerprint density at radius 1 is 0.800 bits per heavy atom. The van der Waals surface area contributed by atoms with Crippen LogP contribution in [0.5, 0.6) is 23.0 Å². The van der Waals surface area contributed by atoms with Crippen LogP contribution in [0.25, 0.3) is 17.5 Å². The molecule has 1 aromatic heterocycles. The molecule has 0 bridgehead atoms. The molecule has 0 unspecified atom stereocenters. The fourth-order valence-electron chi connectivity index (χ4n) is 4.52. The molecule has 12 heteroatoms. The number of hydrogen-bond acceptors (Lipinski definition) is 11. The minimum Gasteiger partial charge on any atom is -0.493 e. The van der Waals surface area contributed by atoms with Gasteiger partial charge in [0, 0.05) is 0 Å². The average molecular weight is 569 g/mol. The first-order chi connectivity index (χ1) is 19.2. The Morgan fingerprint density at radius 3 is 1.93 bits per heavy atom. The van der Waals surface area contributed by atoms with Crippen molar-refractivity contribution >= 4 is 40.7 Å². The van der Waals surface area contributed by atoms with Crippen molar-refractivity contribution in [3.63, 3.8) is 0 Å². The van der Waals surface area contributed by atoms with Gasteiger partial charge in [0.2, 0.25) is 0 Å². The molecule has 1 aliphatic heterocycles. The van der Waals surface area contributed by atoms with Crippen LogP contribution in [0.2, 0.25) is 0 Å². The van der Waals surface area contributed by atoms with E-state index < -0.39 is 23.4 Å². The summed E-state index contributed by atoms with van der Waals surface area (Å²) in [6.45, 7) is 0. The molecular weight excluding hydrogens is 540 g/mol. The molecule has 2 N–H and O–H groups in total. The summed E-state index contributed by atoms with van der Waals surface area (Å²) in [5.41, 5.74) is 7.02. The van der Waals surface area contributed by atoms with E-state index in [-0.39, 0.29) is 26.2 Å². The molecule has 0 radical (unpaired) electrons. The van der Waals surface area contributed by atoms with Crippen LogP contribution in [-0.4, -0.2) is 59.2 Å². The second-order valence-corrected chi connectivity index (χ2v) is 9.44. The van der Waals surface area contributed by atoms with E-state index >= 15 is 0 Å². The second-order valence-electron chi connectivity index (χ2n) is 8.41. The van der Waals surface area contributed by atoms with E-state index in [9.17, 15) is 14.4 Å². The van der Waals surface area contributed by atoms with Crippen molar-refractivity contribution in [1.82, 2.24) is 4.57 Å². The summed E-state index contributed by atoms with van der Waals surface area (Å²) in [6, 6.07) is 10.1. The zero-order valence-corrected chi connectivity index (χ0v) is 23.5. The zero-order chi connectivity index (χ0) is 29.1. The summed E-state index contributed by atoms with van der Waals surface area (Å²) in [6.07, 6.45) is 1.63. The normalized spacial score (nSPS) is 14.9. The van der Waals surface area contributed by atoms with E-state index in [4.69, 9.17) is 34.2 Å². The number of carbonyl (C=O) groups excluding carboxylic acids is 2. The molecule has 1 atom stereocenters. The van der Waals surface area contributed by atoms with Crippen molar-refractivity contribution in [2.24, 2.45) is 5.73 Å². The molecule has 1 aliphatic rings. The van der Waals surface area contributed by atoms with Crippen molar-refractivity contribution < 1.29 is 38.0 Å². The van der Waals surface area contributed by atoms with Gasteiger partial charge in [-0.2, -0.15) is 0 Å². The molecule has 4 rings (SSSR count). The summed E-state index contributed by atoms with van der Waals surface area (Å²) < 4.78 is 33.2. The number of fused-ring (bicyclic) bond motifs is 1. The Morgan fingerprint density at radius 2 is 1.35 bits per heavy atom. The minimum atomic E-state index is -1.04. The van der Waals surface area contributed by atoms with Gasteiger partial charge in [-0.05, 0) is 41.5 Å². The lowest BCUT2D eigenvalue weighted by Crippen LogP contribution is -2.41. The Labute approximate surface area is 233 Å². The Bertz CT molecular complexity index is 1700. The molecule has 210 valence electrons. The molecule has 11 nitrogen and oxygen atoms in total. The number of hydrogen-bond donors (Lipinski definition) is 1. The first-order valence-corrected chi connectivity index (χ1v) is 12.6. The fourth-order valence-corrected chi connectivity index (χ4v) is 5.69. The van der Waals surface area contributed by atoms with Crippen molar-refractivity contribution in [2.75, 3.05) is 42.7 Å². The molecule has 0 saturated carbocycles. The highest BCUT2D eigenvalue weighted by molar-refractivity contribution is 7.07. The first-order valence-electron chi connectivity index (χ1n) is 11.8. The van der Waals surface area contributed by atoms with Gasteiger partial charge >= 0.3 is 11.9 Å². The van der Waals surface area contributed by atoms with Crippen LogP contribution in [0.1, 0.15) is 17.0 Å². The number of ether oxygens (including phenoxy) is 6. The van der Waals surface area contributed by atoms with Crippen molar-refractivity contribution in [2.45, 2.75) is 5.92 Å². The summed E-state index contributed by atoms with van der Waals surface area (Å²) >= 11 is 1.04.